The number of carbonyl (C=O) groups excluding carboxylic acids is 2. The van der Waals surface area contributed by atoms with Crippen molar-refractivity contribution >= 4 is 23.5 Å². The Morgan fingerprint density at radius 1 is 1.34 bits per heavy atom. The predicted octanol–water partition coefficient (Wildman–Crippen LogP) is 3.88. The molecule has 0 aliphatic carbocycles. The van der Waals surface area contributed by atoms with Crippen LogP contribution in [0.15, 0.2) is 12.1 Å². The summed E-state index contributed by atoms with van der Waals surface area (Å²) in [6, 6.07) is 2.78. The summed E-state index contributed by atoms with van der Waals surface area (Å²) in [5.74, 6) is -1.78. The van der Waals surface area contributed by atoms with E-state index in [0.717, 1.165) is 12.8 Å². The van der Waals surface area contributed by atoms with Crippen molar-refractivity contribution in [3.8, 4) is 5.69 Å². The number of benzene rings is 1. The second-order valence-electron chi connectivity index (χ2n) is 8.40. The Kier molecular flexibility index (Phi) is 6.53. The molecule has 0 atom stereocenters. The number of nitrogens with zero attached hydrogens (tertiary/aromatic N) is 2. The van der Waals surface area contributed by atoms with Crippen molar-refractivity contribution in [1.29, 1.82) is 0 Å². The molecular formula is C23H27ClFN3O4. The van der Waals surface area contributed by atoms with E-state index in [9.17, 15) is 9.59 Å². The van der Waals surface area contributed by atoms with E-state index in [1.165, 1.54) is 16.8 Å². The van der Waals surface area contributed by atoms with Crippen LogP contribution in [0.25, 0.3) is 5.69 Å². The Hall–Kier alpha value is -2.45. The highest BCUT2D eigenvalue weighted by Gasteiger charge is 2.40. The first-order valence-corrected chi connectivity index (χ1v) is 11.4. The molecule has 3 heterocycles. The predicted molar refractivity (Wildman–Crippen MR) is 117 cm³/mol. The number of rotatable bonds is 5. The number of esters is 1. The molecule has 2 aliphatic heterocycles. The molecule has 1 spiro atoms. The van der Waals surface area contributed by atoms with Gasteiger partial charge >= 0.3 is 5.97 Å². The van der Waals surface area contributed by atoms with Crippen LogP contribution in [0.5, 0.6) is 0 Å². The van der Waals surface area contributed by atoms with Crippen LogP contribution in [-0.2, 0) is 22.3 Å². The summed E-state index contributed by atoms with van der Waals surface area (Å²) in [6.07, 6.45) is 3.20. The third kappa shape index (κ3) is 4.01. The van der Waals surface area contributed by atoms with E-state index >= 15 is 4.39 Å². The molecule has 32 heavy (non-hydrogen) atoms. The van der Waals surface area contributed by atoms with Crippen molar-refractivity contribution in [3.63, 3.8) is 0 Å². The molecule has 1 amide bonds. The van der Waals surface area contributed by atoms with Gasteiger partial charge in [-0.25, -0.2) is 13.9 Å². The van der Waals surface area contributed by atoms with E-state index in [-0.39, 0.29) is 34.2 Å². The molecule has 0 unspecified atom stereocenters. The summed E-state index contributed by atoms with van der Waals surface area (Å²) < 4.78 is 27.7. The van der Waals surface area contributed by atoms with Gasteiger partial charge in [0.2, 0.25) is 0 Å². The number of hydrogen-bond acceptors (Lipinski definition) is 5. The van der Waals surface area contributed by atoms with Crippen LogP contribution in [0.1, 0.15) is 65.2 Å². The lowest BCUT2D eigenvalue weighted by Gasteiger charge is -2.36. The molecule has 1 N–H and O–H groups in total. The van der Waals surface area contributed by atoms with Gasteiger partial charge in [-0.1, -0.05) is 25.4 Å². The molecule has 9 heteroatoms. The fourth-order valence-electron chi connectivity index (χ4n) is 4.46. The Bertz CT molecular complexity index is 1050. The van der Waals surface area contributed by atoms with Crippen LogP contribution in [-0.4, -0.2) is 48.0 Å². The van der Waals surface area contributed by atoms with Gasteiger partial charge in [0, 0.05) is 19.8 Å². The second kappa shape index (κ2) is 9.19. The second-order valence-corrected chi connectivity index (χ2v) is 8.81. The number of fused-ring (bicyclic) bond motifs is 1. The van der Waals surface area contributed by atoms with E-state index in [1.54, 1.807) is 0 Å². The van der Waals surface area contributed by atoms with E-state index in [1.807, 2.05) is 13.8 Å². The number of halogens is 2. The van der Waals surface area contributed by atoms with Crippen molar-refractivity contribution in [2.75, 3.05) is 26.4 Å². The minimum absolute atomic E-state index is 0.0366. The van der Waals surface area contributed by atoms with Gasteiger partial charge in [0.15, 0.2) is 5.82 Å². The number of nitrogens with one attached hydrogen (secondary N) is 1. The minimum Gasteiger partial charge on any atom is -0.462 e. The van der Waals surface area contributed by atoms with Crippen LogP contribution < -0.4 is 5.32 Å². The molecule has 1 aromatic heterocycles. The molecule has 1 saturated heterocycles. The largest absolute Gasteiger partial charge is 0.462 e. The quantitative estimate of drug-likeness (QED) is 0.680. The van der Waals surface area contributed by atoms with Crippen LogP contribution in [0.2, 0.25) is 5.02 Å². The third-order valence-electron chi connectivity index (χ3n) is 6.27. The highest BCUT2D eigenvalue weighted by atomic mass is 35.5. The van der Waals surface area contributed by atoms with E-state index < -0.39 is 11.8 Å². The molecule has 0 bridgehead atoms. The van der Waals surface area contributed by atoms with Gasteiger partial charge in [-0.05, 0) is 49.7 Å². The van der Waals surface area contributed by atoms with Crippen molar-refractivity contribution in [3.05, 3.63) is 45.5 Å². The third-order valence-corrected chi connectivity index (χ3v) is 6.58. The number of ether oxygens (including phenoxy) is 2. The van der Waals surface area contributed by atoms with Gasteiger partial charge in [-0.15, -0.1) is 0 Å². The zero-order chi connectivity index (χ0) is 22.9. The summed E-state index contributed by atoms with van der Waals surface area (Å²) >= 11 is 6.42. The number of amides is 1. The topological polar surface area (TPSA) is 82.5 Å². The minimum atomic E-state index is -0.808. The number of aryl methyl sites for hydroxylation is 1. The molecule has 0 radical (unpaired) electrons. The lowest BCUT2D eigenvalue weighted by atomic mass is 9.76. The van der Waals surface area contributed by atoms with Crippen LogP contribution in [0.3, 0.4) is 0 Å². The number of aromatic nitrogens is 2. The first-order chi connectivity index (χ1) is 15.4. The van der Waals surface area contributed by atoms with Gasteiger partial charge in [0.1, 0.15) is 5.69 Å². The van der Waals surface area contributed by atoms with Crippen LogP contribution in [0, 0.1) is 11.2 Å². The van der Waals surface area contributed by atoms with E-state index in [2.05, 4.69) is 10.4 Å². The highest BCUT2D eigenvalue weighted by molar-refractivity contribution is 6.32. The Morgan fingerprint density at radius 2 is 2.09 bits per heavy atom. The molecule has 1 aromatic carbocycles. The molecule has 0 saturated carbocycles. The number of hydrogen-bond donors (Lipinski definition) is 1. The molecular weight excluding hydrogens is 437 g/mol. The van der Waals surface area contributed by atoms with E-state index in [4.69, 9.17) is 21.1 Å². The molecule has 4 rings (SSSR count). The van der Waals surface area contributed by atoms with Gasteiger partial charge in [-0.3, -0.25) is 4.79 Å². The zero-order valence-corrected chi connectivity index (χ0v) is 19.1. The SMILES string of the molecule is CCCOC(=O)c1ccc(Cl)c(-n2nc(CC)c3c2CC2(CCOCC2)CNC3=O)c1F. The molecule has 2 aliphatic rings. The standard InChI is InChI=1S/C23H27ClFN3O4/c1-3-9-32-22(30)14-5-6-15(24)20(19(14)25)28-17-12-23(7-10-31-11-8-23)13-26-21(29)18(17)16(4-2)27-28/h5-6H,3-4,7-13H2,1-2H3,(H,26,29). The normalized spacial score (nSPS) is 17.6. The molecule has 7 nitrogen and oxygen atoms in total. The maximum atomic E-state index is 15.6. The average Bonchev–Trinajstić information content (AvgIpc) is 3.07. The molecule has 2 aromatic rings. The summed E-state index contributed by atoms with van der Waals surface area (Å²) in [5.41, 5.74) is 1.19. The molecule has 172 valence electrons. The van der Waals surface area contributed by atoms with Gasteiger partial charge < -0.3 is 14.8 Å². The maximum absolute atomic E-state index is 15.6. The van der Waals surface area contributed by atoms with Crippen molar-refractivity contribution < 1.29 is 23.5 Å². The summed E-state index contributed by atoms with van der Waals surface area (Å²) in [4.78, 5) is 25.4. The number of carbonyl (C=O) groups is 2. The van der Waals surface area contributed by atoms with Crippen LogP contribution in [0.4, 0.5) is 4.39 Å². The lowest BCUT2D eigenvalue weighted by Crippen LogP contribution is -2.40. The summed E-state index contributed by atoms with van der Waals surface area (Å²) in [6.45, 7) is 5.68. The summed E-state index contributed by atoms with van der Waals surface area (Å²) in [5, 5.41) is 7.72. The fraction of sp³-hybridized carbons (Fsp3) is 0.522. The Balaban J connectivity index is 1.87. The first-order valence-electron chi connectivity index (χ1n) is 11.0. The lowest BCUT2D eigenvalue weighted by molar-refractivity contribution is 0.0154. The smallest absolute Gasteiger partial charge is 0.341 e. The fourth-order valence-corrected chi connectivity index (χ4v) is 4.68. The van der Waals surface area contributed by atoms with Gasteiger partial charge in [0.25, 0.3) is 5.91 Å². The zero-order valence-electron chi connectivity index (χ0n) is 18.3. The van der Waals surface area contributed by atoms with Crippen LogP contribution >= 0.6 is 11.6 Å². The van der Waals surface area contributed by atoms with Crippen molar-refractivity contribution in [1.82, 2.24) is 15.1 Å². The monoisotopic (exact) mass is 463 g/mol. The van der Waals surface area contributed by atoms with Crippen molar-refractivity contribution in [2.45, 2.75) is 46.0 Å². The van der Waals surface area contributed by atoms with Gasteiger partial charge in [0.05, 0.1) is 34.1 Å². The summed E-state index contributed by atoms with van der Waals surface area (Å²) in [7, 11) is 0. The van der Waals surface area contributed by atoms with Gasteiger partial charge in [-0.2, -0.15) is 5.10 Å². The van der Waals surface area contributed by atoms with E-state index in [0.29, 0.717) is 56.0 Å². The molecule has 1 fully saturated rings. The average molecular weight is 464 g/mol. The van der Waals surface area contributed by atoms with Crippen molar-refractivity contribution in [2.24, 2.45) is 5.41 Å². The maximum Gasteiger partial charge on any atom is 0.341 e. The Labute approximate surface area is 191 Å². The Morgan fingerprint density at radius 3 is 2.78 bits per heavy atom. The first kappa shape index (κ1) is 22.7. The highest BCUT2D eigenvalue weighted by Crippen LogP contribution is 2.39.